The fraction of sp³-hybridized carbons (Fsp3) is 0.375. The number of rotatable bonds is 6. The maximum absolute atomic E-state index is 6.03. The molecule has 0 unspecified atom stereocenters. The summed E-state index contributed by atoms with van der Waals surface area (Å²) < 4.78 is 5.22. The van der Waals surface area contributed by atoms with Gasteiger partial charge in [0.05, 0.1) is 7.11 Å². The molecule has 0 atom stereocenters. The SMILES string of the molecule is CCCc1nc(NCc2ccc(C)cc2)c(N)c(OC)n1. The molecule has 21 heavy (non-hydrogen) atoms. The van der Waals surface area contributed by atoms with E-state index >= 15 is 0 Å². The molecule has 0 saturated heterocycles. The monoisotopic (exact) mass is 286 g/mol. The van der Waals surface area contributed by atoms with Gasteiger partial charge in [-0.1, -0.05) is 36.8 Å². The van der Waals surface area contributed by atoms with E-state index in [0.29, 0.717) is 23.9 Å². The smallest absolute Gasteiger partial charge is 0.242 e. The van der Waals surface area contributed by atoms with Gasteiger partial charge in [-0.25, -0.2) is 4.98 Å². The lowest BCUT2D eigenvalue weighted by Gasteiger charge is -2.12. The second-order valence-corrected chi connectivity index (χ2v) is 5.00. The summed E-state index contributed by atoms with van der Waals surface area (Å²) in [4.78, 5) is 8.79. The van der Waals surface area contributed by atoms with Crippen molar-refractivity contribution in [3.05, 3.63) is 41.2 Å². The van der Waals surface area contributed by atoms with Gasteiger partial charge in [-0.3, -0.25) is 0 Å². The second-order valence-electron chi connectivity index (χ2n) is 5.00. The minimum absolute atomic E-state index is 0.430. The third-order valence-corrected chi connectivity index (χ3v) is 3.20. The quantitative estimate of drug-likeness (QED) is 0.854. The van der Waals surface area contributed by atoms with E-state index in [9.17, 15) is 0 Å². The number of nitrogens with zero attached hydrogens (tertiary/aromatic N) is 2. The molecule has 2 aromatic rings. The molecule has 0 spiro atoms. The summed E-state index contributed by atoms with van der Waals surface area (Å²) in [5.74, 6) is 1.81. The van der Waals surface area contributed by atoms with E-state index in [0.717, 1.165) is 18.7 Å². The summed E-state index contributed by atoms with van der Waals surface area (Å²) in [5, 5.41) is 3.27. The first-order valence-electron chi connectivity index (χ1n) is 7.13. The fourth-order valence-corrected chi connectivity index (χ4v) is 2.01. The number of aryl methyl sites for hydroxylation is 2. The van der Waals surface area contributed by atoms with Crippen LogP contribution in [0.2, 0.25) is 0 Å². The Morgan fingerprint density at radius 3 is 2.52 bits per heavy atom. The first kappa shape index (κ1) is 15.1. The number of hydrogen-bond donors (Lipinski definition) is 2. The fourth-order valence-electron chi connectivity index (χ4n) is 2.01. The van der Waals surface area contributed by atoms with Gasteiger partial charge in [-0.2, -0.15) is 4.98 Å². The topological polar surface area (TPSA) is 73.1 Å². The molecule has 1 aromatic heterocycles. The molecule has 1 heterocycles. The van der Waals surface area contributed by atoms with Crippen molar-refractivity contribution in [3.63, 3.8) is 0 Å². The van der Waals surface area contributed by atoms with Crippen molar-refractivity contribution >= 4 is 11.5 Å². The van der Waals surface area contributed by atoms with Crippen molar-refractivity contribution in [2.45, 2.75) is 33.2 Å². The largest absolute Gasteiger partial charge is 0.479 e. The van der Waals surface area contributed by atoms with Crippen LogP contribution in [0.3, 0.4) is 0 Å². The first-order valence-corrected chi connectivity index (χ1v) is 7.13. The molecule has 0 fully saturated rings. The molecule has 1 aromatic carbocycles. The number of nitrogen functional groups attached to an aromatic ring is 1. The lowest BCUT2D eigenvalue weighted by Crippen LogP contribution is -2.10. The molecule has 0 aliphatic rings. The standard InChI is InChI=1S/C16H22N4O/c1-4-5-13-19-15(14(17)16(20-13)21-3)18-10-12-8-6-11(2)7-9-12/h6-9H,4-5,10,17H2,1-3H3,(H,18,19,20). The Balaban J connectivity index is 2.17. The number of anilines is 2. The molecular formula is C16H22N4O. The van der Waals surface area contributed by atoms with E-state index in [1.165, 1.54) is 11.1 Å². The van der Waals surface area contributed by atoms with E-state index in [1.54, 1.807) is 7.11 Å². The lowest BCUT2D eigenvalue weighted by molar-refractivity contribution is 0.397. The predicted molar refractivity (Wildman–Crippen MR) is 85.5 cm³/mol. The van der Waals surface area contributed by atoms with Crippen molar-refractivity contribution in [2.24, 2.45) is 0 Å². The van der Waals surface area contributed by atoms with Gasteiger partial charge in [0, 0.05) is 13.0 Å². The summed E-state index contributed by atoms with van der Waals surface area (Å²) in [6, 6.07) is 8.35. The zero-order valence-electron chi connectivity index (χ0n) is 12.8. The van der Waals surface area contributed by atoms with Gasteiger partial charge < -0.3 is 15.8 Å². The van der Waals surface area contributed by atoms with E-state index in [2.05, 4.69) is 53.4 Å². The van der Waals surface area contributed by atoms with Gasteiger partial charge in [0.2, 0.25) is 5.88 Å². The van der Waals surface area contributed by atoms with Crippen LogP contribution in [0.25, 0.3) is 0 Å². The van der Waals surface area contributed by atoms with Gasteiger partial charge in [-0.05, 0) is 18.9 Å². The van der Waals surface area contributed by atoms with E-state index < -0.39 is 0 Å². The number of benzene rings is 1. The molecule has 0 amide bonds. The van der Waals surface area contributed by atoms with Crippen LogP contribution >= 0.6 is 0 Å². The van der Waals surface area contributed by atoms with Gasteiger partial charge in [-0.15, -0.1) is 0 Å². The van der Waals surface area contributed by atoms with Crippen molar-refractivity contribution in [1.29, 1.82) is 0 Å². The third kappa shape index (κ3) is 3.84. The van der Waals surface area contributed by atoms with Crippen LogP contribution in [0, 0.1) is 6.92 Å². The van der Waals surface area contributed by atoms with Crippen LogP contribution in [-0.4, -0.2) is 17.1 Å². The summed E-state index contributed by atoms with van der Waals surface area (Å²) in [7, 11) is 1.57. The highest BCUT2D eigenvalue weighted by atomic mass is 16.5. The average Bonchev–Trinajstić information content (AvgIpc) is 2.49. The van der Waals surface area contributed by atoms with Crippen molar-refractivity contribution in [3.8, 4) is 5.88 Å². The number of ether oxygens (including phenoxy) is 1. The van der Waals surface area contributed by atoms with E-state index in [-0.39, 0.29) is 0 Å². The molecule has 0 saturated carbocycles. The molecule has 2 rings (SSSR count). The highest BCUT2D eigenvalue weighted by Gasteiger charge is 2.11. The first-order chi connectivity index (χ1) is 10.1. The molecule has 5 nitrogen and oxygen atoms in total. The second kappa shape index (κ2) is 6.92. The number of nitrogens with one attached hydrogen (secondary N) is 1. The number of aromatic nitrogens is 2. The molecule has 112 valence electrons. The van der Waals surface area contributed by atoms with Crippen molar-refractivity contribution in [1.82, 2.24) is 9.97 Å². The van der Waals surface area contributed by atoms with Gasteiger partial charge >= 0.3 is 0 Å². The Bertz CT molecular complexity index is 596. The number of hydrogen-bond acceptors (Lipinski definition) is 5. The van der Waals surface area contributed by atoms with E-state index in [1.807, 2.05) is 0 Å². The predicted octanol–water partition coefficient (Wildman–Crippen LogP) is 2.94. The van der Waals surface area contributed by atoms with Crippen LogP contribution < -0.4 is 15.8 Å². The van der Waals surface area contributed by atoms with Crippen molar-refractivity contribution in [2.75, 3.05) is 18.2 Å². The van der Waals surface area contributed by atoms with E-state index in [4.69, 9.17) is 10.5 Å². The molecule has 0 aliphatic heterocycles. The van der Waals surface area contributed by atoms with Crippen LogP contribution in [0.15, 0.2) is 24.3 Å². The van der Waals surface area contributed by atoms with Gasteiger partial charge in [0.1, 0.15) is 11.5 Å². The van der Waals surface area contributed by atoms with Gasteiger partial charge in [0.25, 0.3) is 0 Å². The Labute approximate surface area is 125 Å². The Morgan fingerprint density at radius 2 is 1.90 bits per heavy atom. The van der Waals surface area contributed by atoms with Crippen LogP contribution in [-0.2, 0) is 13.0 Å². The highest BCUT2D eigenvalue weighted by Crippen LogP contribution is 2.26. The Kier molecular flexibility index (Phi) is 4.98. The van der Waals surface area contributed by atoms with Crippen molar-refractivity contribution < 1.29 is 4.74 Å². The minimum atomic E-state index is 0.430. The highest BCUT2D eigenvalue weighted by molar-refractivity contribution is 5.67. The summed E-state index contributed by atoms with van der Waals surface area (Å²) in [6.07, 6.45) is 1.78. The van der Waals surface area contributed by atoms with Gasteiger partial charge in [0.15, 0.2) is 5.82 Å². The Hall–Kier alpha value is -2.30. The lowest BCUT2D eigenvalue weighted by atomic mass is 10.1. The number of methoxy groups -OCH3 is 1. The maximum Gasteiger partial charge on any atom is 0.242 e. The van der Waals surface area contributed by atoms with Crippen LogP contribution in [0.5, 0.6) is 5.88 Å². The molecule has 3 N–H and O–H groups in total. The normalized spacial score (nSPS) is 10.4. The van der Waals surface area contributed by atoms with Crippen LogP contribution in [0.4, 0.5) is 11.5 Å². The third-order valence-electron chi connectivity index (χ3n) is 3.20. The molecule has 0 radical (unpaired) electrons. The summed E-state index contributed by atoms with van der Waals surface area (Å²) in [6.45, 7) is 4.82. The minimum Gasteiger partial charge on any atom is -0.479 e. The Morgan fingerprint density at radius 1 is 1.19 bits per heavy atom. The maximum atomic E-state index is 6.03. The van der Waals surface area contributed by atoms with Crippen LogP contribution in [0.1, 0.15) is 30.3 Å². The molecule has 5 heteroatoms. The molecule has 0 aliphatic carbocycles. The zero-order chi connectivity index (χ0) is 15.2. The summed E-state index contributed by atoms with van der Waals surface area (Å²) in [5.41, 5.74) is 8.90. The molecular weight excluding hydrogens is 264 g/mol. The summed E-state index contributed by atoms with van der Waals surface area (Å²) >= 11 is 0. The molecule has 0 bridgehead atoms. The zero-order valence-corrected chi connectivity index (χ0v) is 12.8. The number of nitrogens with two attached hydrogens (primary N) is 1. The average molecular weight is 286 g/mol.